The molecule has 0 bridgehead atoms. The second kappa shape index (κ2) is 7.55. The van der Waals surface area contributed by atoms with Crippen LogP contribution in [0, 0.1) is 10.1 Å². The van der Waals surface area contributed by atoms with Crippen LogP contribution in [0.3, 0.4) is 0 Å². The summed E-state index contributed by atoms with van der Waals surface area (Å²) in [5.74, 6) is -0.447. The number of hydrogen-bond donors (Lipinski definition) is 2. The molecule has 8 heteroatoms. The van der Waals surface area contributed by atoms with Crippen molar-refractivity contribution in [3.05, 3.63) is 33.9 Å². The molecule has 1 aromatic rings. The van der Waals surface area contributed by atoms with Gasteiger partial charge in [-0.1, -0.05) is 0 Å². The molecule has 0 aliphatic heterocycles. The van der Waals surface area contributed by atoms with Crippen LogP contribution in [0.25, 0.3) is 0 Å². The van der Waals surface area contributed by atoms with Gasteiger partial charge in [0, 0.05) is 0 Å². The van der Waals surface area contributed by atoms with E-state index < -0.39 is 35.2 Å². The van der Waals surface area contributed by atoms with E-state index in [0.717, 1.165) is 6.07 Å². The maximum atomic E-state index is 11.3. The van der Waals surface area contributed by atoms with E-state index in [2.05, 4.69) is 4.74 Å². The Balaban J connectivity index is 2.97. The van der Waals surface area contributed by atoms with Crippen LogP contribution in [0.15, 0.2) is 18.2 Å². The summed E-state index contributed by atoms with van der Waals surface area (Å²) in [7, 11) is 1.35. The van der Waals surface area contributed by atoms with Crippen molar-refractivity contribution in [2.45, 2.75) is 25.6 Å². The third kappa shape index (κ3) is 4.40. The van der Waals surface area contributed by atoms with Crippen LogP contribution in [-0.2, 0) is 9.53 Å². The second-order valence-corrected chi connectivity index (χ2v) is 4.20. The van der Waals surface area contributed by atoms with E-state index in [9.17, 15) is 25.1 Å². The lowest BCUT2D eigenvalue weighted by molar-refractivity contribution is -0.386. The molecular weight excluding hydrogens is 282 g/mol. The smallest absolute Gasteiger partial charge is 0.308 e. The average molecular weight is 299 g/mol. The maximum absolute atomic E-state index is 11.3. The van der Waals surface area contributed by atoms with Crippen LogP contribution in [0.1, 0.15) is 25.0 Å². The first-order valence-corrected chi connectivity index (χ1v) is 6.24. The number of carbonyl (C=O) groups is 1. The highest BCUT2D eigenvalue weighted by atomic mass is 16.6. The molecule has 0 saturated heterocycles. The fraction of sp³-hybridized carbons (Fsp3) is 0.462. The van der Waals surface area contributed by atoms with Gasteiger partial charge in [-0.25, -0.2) is 0 Å². The zero-order valence-electron chi connectivity index (χ0n) is 11.7. The van der Waals surface area contributed by atoms with E-state index >= 15 is 0 Å². The predicted octanol–water partition coefficient (Wildman–Crippen LogP) is 0.951. The van der Waals surface area contributed by atoms with Gasteiger partial charge in [0.2, 0.25) is 0 Å². The Kier molecular flexibility index (Phi) is 6.07. The van der Waals surface area contributed by atoms with Gasteiger partial charge in [-0.3, -0.25) is 14.9 Å². The molecule has 2 atom stereocenters. The molecule has 1 aromatic carbocycles. The van der Waals surface area contributed by atoms with Gasteiger partial charge in [0.25, 0.3) is 5.69 Å². The largest absolute Gasteiger partial charge is 0.497 e. The third-order valence-electron chi connectivity index (χ3n) is 2.80. The van der Waals surface area contributed by atoms with Crippen LogP contribution in [0.2, 0.25) is 0 Å². The SMILES string of the molecule is CCOC(=O)CC(O)C(O)c1ccc(OC)cc1[N+](=O)[O-]. The molecule has 116 valence electrons. The minimum atomic E-state index is -1.58. The first-order valence-electron chi connectivity index (χ1n) is 6.24. The minimum absolute atomic E-state index is 0.0994. The number of hydrogen-bond acceptors (Lipinski definition) is 7. The molecule has 21 heavy (non-hydrogen) atoms. The Morgan fingerprint density at radius 1 is 1.43 bits per heavy atom. The molecule has 0 aliphatic rings. The van der Waals surface area contributed by atoms with E-state index in [0.29, 0.717) is 0 Å². The standard InChI is InChI=1S/C13H17NO7/c1-3-21-12(16)7-11(15)13(17)9-5-4-8(20-2)6-10(9)14(18)19/h4-6,11,13,15,17H,3,7H2,1-2H3. The molecule has 2 unspecified atom stereocenters. The maximum Gasteiger partial charge on any atom is 0.308 e. The Labute approximate surface area is 121 Å². The molecule has 0 heterocycles. The number of rotatable bonds is 7. The number of aliphatic hydroxyl groups excluding tert-OH is 2. The summed E-state index contributed by atoms with van der Waals surface area (Å²) >= 11 is 0. The Morgan fingerprint density at radius 2 is 2.10 bits per heavy atom. The van der Waals surface area contributed by atoms with Crippen molar-refractivity contribution < 1.29 is 29.4 Å². The summed E-state index contributed by atoms with van der Waals surface area (Å²) in [6, 6.07) is 3.83. The molecule has 8 nitrogen and oxygen atoms in total. The summed E-state index contributed by atoms with van der Waals surface area (Å²) in [5, 5.41) is 30.8. The quantitative estimate of drug-likeness (QED) is 0.437. The normalized spacial score (nSPS) is 13.3. The van der Waals surface area contributed by atoms with Crippen molar-refractivity contribution in [2.75, 3.05) is 13.7 Å². The van der Waals surface area contributed by atoms with Gasteiger partial charge in [0.1, 0.15) is 11.9 Å². The number of nitrogens with zero attached hydrogens (tertiary/aromatic N) is 1. The van der Waals surface area contributed by atoms with Crippen LogP contribution in [0.4, 0.5) is 5.69 Å². The number of nitro benzene ring substituents is 1. The zero-order chi connectivity index (χ0) is 16.0. The van der Waals surface area contributed by atoms with E-state index in [1.54, 1.807) is 6.92 Å². The number of aliphatic hydroxyl groups is 2. The Bertz CT molecular complexity index is 517. The van der Waals surface area contributed by atoms with Crippen LogP contribution in [-0.4, -0.2) is 40.9 Å². The molecule has 2 N–H and O–H groups in total. The van der Waals surface area contributed by atoms with Gasteiger partial charge in [0.05, 0.1) is 42.8 Å². The number of methoxy groups -OCH3 is 1. The first-order chi connectivity index (χ1) is 9.90. The molecule has 0 radical (unpaired) electrons. The van der Waals surface area contributed by atoms with E-state index in [-0.39, 0.29) is 17.9 Å². The van der Waals surface area contributed by atoms with Gasteiger partial charge in [0.15, 0.2) is 0 Å². The molecule has 0 amide bonds. The van der Waals surface area contributed by atoms with Crippen molar-refractivity contribution in [1.82, 2.24) is 0 Å². The van der Waals surface area contributed by atoms with Gasteiger partial charge < -0.3 is 19.7 Å². The van der Waals surface area contributed by atoms with Crippen molar-refractivity contribution in [3.8, 4) is 5.75 Å². The number of carbonyl (C=O) groups excluding carboxylic acids is 1. The lowest BCUT2D eigenvalue weighted by atomic mass is 10.00. The van der Waals surface area contributed by atoms with Crippen LogP contribution < -0.4 is 4.74 Å². The van der Waals surface area contributed by atoms with Crippen LogP contribution in [0.5, 0.6) is 5.75 Å². The van der Waals surface area contributed by atoms with E-state index in [4.69, 9.17) is 4.74 Å². The molecule has 0 spiro atoms. The first kappa shape index (κ1) is 16.9. The highest BCUT2D eigenvalue weighted by molar-refractivity contribution is 5.70. The summed E-state index contributed by atoms with van der Waals surface area (Å²) < 4.78 is 9.52. The average Bonchev–Trinajstić information content (AvgIpc) is 2.45. The van der Waals surface area contributed by atoms with Gasteiger partial charge in [-0.05, 0) is 19.1 Å². The molecule has 1 rings (SSSR count). The van der Waals surface area contributed by atoms with E-state index in [1.165, 1.54) is 19.2 Å². The van der Waals surface area contributed by atoms with Gasteiger partial charge >= 0.3 is 5.97 Å². The summed E-state index contributed by atoms with van der Waals surface area (Å²) in [6.45, 7) is 1.75. The minimum Gasteiger partial charge on any atom is -0.497 e. The molecule has 0 saturated carbocycles. The van der Waals surface area contributed by atoms with Crippen molar-refractivity contribution >= 4 is 11.7 Å². The highest BCUT2D eigenvalue weighted by Gasteiger charge is 2.28. The fourth-order valence-electron chi connectivity index (χ4n) is 1.77. The highest BCUT2D eigenvalue weighted by Crippen LogP contribution is 2.31. The number of esters is 1. The lowest BCUT2D eigenvalue weighted by Gasteiger charge is -2.17. The summed E-state index contributed by atoms with van der Waals surface area (Å²) in [6.07, 6.45) is -3.55. The lowest BCUT2D eigenvalue weighted by Crippen LogP contribution is -2.23. The summed E-state index contributed by atoms with van der Waals surface area (Å²) in [4.78, 5) is 21.6. The van der Waals surface area contributed by atoms with Crippen molar-refractivity contribution in [3.63, 3.8) is 0 Å². The monoisotopic (exact) mass is 299 g/mol. The van der Waals surface area contributed by atoms with Crippen molar-refractivity contribution in [1.29, 1.82) is 0 Å². The van der Waals surface area contributed by atoms with E-state index in [1.807, 2.05) is 0 Å². The number of benzene rings is 1. The molecular formula is C13H17NO7. The van der Waals surface area contributed by atoms with Crippen LogP contribution >= 0.6 is 0 Å². The Hall–Kier alpha value is -2.19. The van der Waals surface area contributed by atoms with Gasteiger partial charge in [-0.2, -0.15) is 0 Å². The number of ether oxygens (including phenoxy) is 2. The molecule has 0 aromatic heterocycles. The molecule has 0 fully saturated rings. The zero-order valence-corrected chi connectivity index (χ0v) is 11.7. The number of nitro groups is 1. The fourth-order valence-corrected chi connectivity index (χ4v) is 1.77. The molecule has 0 aliphatic carbocycles. The second-order valence-electron chi connectivity index (χ2n) is 4.20. The van der Waals surface area contributed by atoms with Gasteiger partial charge in [-0.15, -0.1) is 0 Å². The predicted molar refractivity (Wildman–Crippen MR) is 71.9 cm³/mol. The third-order valence-corrected chi connectivity index (χ3v) is 2.80. The Morgan fingerprint density at radius 3 is 2.62 bits per heavy atom. The van der Waals surface area contributed by atoms with Crippen molar-refractivity contribution in [2.24, 2.45) is 0 Å². The summed E-state index contributed by atoms with van der Waals surface area (Å²) in [5.41, 5.74) is -0.498. The topological polar surface area (TPSA) is 119 Å².